The van der Waals surface area contributed by atoms with E-state index in [9.17, 15) is 14.7 Å². The molecule has 0 radical (unpaired) electrons. The summed E-state index contributed by atoms with van der Waals surface area (Å²) in [6.07, 6.45) is 8.78. The summed E-state index contributed by atoms with van der Waals surface area (Å²) in [4.78, 5) is 39.3. The average molecular weight is 363 g/mol. The summed E-state index contributed by atoms with van der Waals surface area (Å²) in [5.74, 6) is -0.208. The maximum atomic E-state index is 12.5. The molecule has 27 heavy (non-hydrogen) atoms. The lowest BCUT2D eigenvalue weighted by Crippen LogP contribution is -2.32. The number of H-pyrrole nitrogens is 1. The Balaban J connectivity index is 1.60. The molecule has 0 spiro atoms. The summed E-state index contributed by atoms with van der Waals surface area (Å²) in [7, 11) is 0. The second-order valence-corrected chi connectivity index (χ2v) is 6.35. The van der Waals surface area contributed by atoms with Gasteiger partial charge in [0, 0.05) is 47.7 Å². The SMILES string of the molecule is O=C(N[C@@H]1CCCc2nc(-c3cccnc3)ncc21)c1c[nH]c(=O)cc1O. The molecule has 3 heterocycles. The molecule has 3 N–H and O–H groups in total. The van der Waals surface area contributed by atoms with Crippen molar-refractivity contribution in [3.8, 4) is 17.1 Å². The molecule has 0 saturated carbocycles. The van der Waals surface area contributed by atoms with Gasteiger partial charge in [0.15, 0.2) is 5.82 Å². The lowest BCUT2D eigenvalue weighted by Gasteiger charge is -2.25. The first-order valence-corrected chi connectivity index (χ1v) is 8.60. The van der Waals surface area contributed by atoms with Gasteiger partial charge >= 0.3 is 0 Å². The van der Waals surface area contributed by atoms with Crippen LogP contribution in [0.15, 0.2) is 47.8 Å². The van der Waals surface area contributed by atoms with E-state index >= 15 is 0 Å². The molecule has 4 rings (SSSR count). The van der Waals surface area contributed by atoms with Crippen molar-refractivity contribution in [2.75, 3.05) is 0 Å². The summed E-state index contributed by atoms with van der Waals surface area (Å²) in [6.45, 7) is 0. The number of hydrogen-bond donors (Lipinski definition) is 3. The van der Waals surface area contributed by atoms with Gasteiger partial charge in [-0.3, -0.25) is 14.6 Å². The number of rotatable bonds is 3. The van der Waals surface area contributed by atoms with Crippen molar-refractivity contribution in [1.82, 2.24) is 25.3 Å². The van der Waals surface area contributed by atoms with Crippen molar-refractivity contribution >= 4 is 5.91 Å². The number of aryl methyl sites for hydroxylation is 1. The Morgan fingerprint density at radius 2 is 2.22 bits per heavy atom. The molecular formula is C19H17N5O3. The molecule has 3 aromatic heterocycles. The van der Waals surface area contributed by atoms with Gasteiger partial charge in [0.05, 0.1) is 11.6 Å². The first kappa shape index (κ1) is 16.9. The van der Waals surface area contributed by atoms with Gasteiger partial charge in [-0.15, -0.1) is 0 Å². The van der Waals surface area contributed by atoms with E-state index in [1.54, 1.807) is 18.6 Å². The lowest BCUT2D eigenvalue weighted by molar-refractivity contribution is 0.0929. The Kier molecular flexibility index (Phi) is 4.37. The van der Waals surface area contributed by atoms with Crippen LogP contribution in [-0.4, -0.2) is 30.9 Å². The highest BCUT2D eigenvalue weighted by molar-refractivity contribution is 5.96. The molecular weight excluding hydrogens is 346 g/mol. The van der Waals surface area contributed by atoms with Gasteiger partial charge in [0.1, 0.15) is 5.75 Å². The minimum absolute atomic E-state index is 0.0228. The van der Waals surface area contributed by atoms with Crippen molar-refractivity contribution in [1.29, 1.82) is 0 Å². The zero-order valence-corrected chi connectivity index (χ0v) is 14.3. The number of aromatic nitrogens is 4. The van der Waals surface area contributed by atoms with Crippen molar-refractivity contribution < 1.29 is 9.90 Å². The molecule has 8 heteroatoms. The second-order valence-electron chi connectivity index (χ2n) is 6.35. The molecule has 1 atom stereocenters. The largest absolute Gasteiger partial charge is 0.507 e. The number of hydrogen-bond acceptors (Lipinski definition) is 6. The first-order valence-electron chi connectivity index (χ1n) is 8.60. The van der Waals surface area contributed by atoms with E-state index in [1.165, 1.54) is 6.20 Å². The molecule has 1 aliphatic rings. The predicted octanol–water partition coefficient (Wildman–Crippen LogP) is 1.74. The van der Waals surface area contributed by atoms with Gasteiger partial charge < -0.3 is 15.4 Å². The predicted molar refractivity (Wildman–Crippen MR) is 97.1 cm³/mol. The van der Waals surface area contributed by atoms with E-state index < -0.39 is 11.5 Å². The van der Waals surface area contributed by atoms with E-state index in [4.69, 9.17) is 0 Å². The smallest absolute Gasteiger partial charge is 0.257 e. The molecule has 0 unspecified atom stereocenters. The lowest BCUT2D eigenvalue weighted by atomic mass is 9.92. The van der Waals surface area contributed by atoms with Gasteiger partial charge in [0.2, 0.25) is 0 Å². The molecule has 0 aliphatic heterocycles. The van der Waals surface area contributed by atoms with E-state index in [0.29, 0.717) is 5.82 Å². The third-order valence-corrected chi connectivity index (χ3v) is 4.55. The third-order valence-electron chi connectivity index (χ3n) is 4.55. The summed E-state index contributed by atoms with van der Waals surface area (Å²) in [6, 6.07) is 4.45. The van der Waals surface area contributed by atoms with Gasteiger partial charge in [-0.25, -0.2) is 9.97 Å². The van der Waals surface area contributed by atoms with Crippen LogP contribution in [0, 0.1) is 0 Å². The normalized spacial score (nSPS) is 15.8. The monoisotopic (exact) mass is 363 g/mol. The number of carbonyl (C=O) groups is 1. The number of aromatic amines is 1. The van der Waals surface area contributed by atoms with Crippen molar-refractivity contribution in [2.45, 2.75) is 25.3 Å². The molecule has 0 fully saturated rings. The van der Waals surface area contributed by atoms with Gasteiger partial charge in [-0.1, -0.05) is 0 Å². The van der Waals surface area contributed by atoms with Crippen LogP contribution >= 0.6 is 0 Å². The molecule has 0 bridgehead atoms. The van der Waals surface area contributed by atoms with Crippen LogP contribution in [-0.2, 0) is 6.42 Å². The van der Waals surface area contributed by atoms with Gasteiger partial charge in [-0.2, -0.15) is 0 Å². The number of nitrogens with one attached hydrogen (secondary N) is 2. The fourth-order valence-electron chi connectivity index (χ4n) is 3.21. The summed E-state index contributed by atoms with van der Waals surface area (Å²) in [5, 5.41) is 12.7. The molecule has 0 aromatic carbocycles. The minimum atomic E-state index is -0.469. The highest BCUT2D eigenvalue weighted by atomic mass is 16.3. The van der Waals surface area contributed by atoms with E-state index in [1.807, 2.05) is 12.1 Å². The van der Waals surface area contributed by atoms with Gasteiger partial charge in [-0.05, 0) is 31.4 Å². The Morgan fingerprint density at radius 1 is 1.33 bits per heavy atom. The fraction of sp³-hybridized carbons (Fsp3) is 0.211. The molecule has 3 aromatic rings. The van der Waals surface area contributed by atoms with Gasteiger partial charge in [0.25, 0.3) is 11.5 Å². The second kappa shape index (κ2) is 6.99. The molecule has 1 amide bonds. The van der Waals surface area contributed by atoms with Crippen LogP contribution in [0.3, 0.4) is 0 Å². The van der Waals surface area contributed by atoms with Crippen LogP contribution in [0.1, 0.15) is 40.5 Å². The molecule has 0 saturated heterocycles. The Morgan fingerprint density at radius 3 is 3.00 bits per heavy atom. The molecule has 1 aliphatic carbocycles. The van der Waals surface area contributed by atoms with E-state index in [-0.39, 0.29) is 17.4 Å². The summed E-state index contributed by atoms with van der Waals surface area (Å²) >= 11 is 0. The molecule has 8 nitrogen and oxygen atoms in total. The summed E-state index contributed by atoms with van der Waals surface area (Å²) in [5.41, 5.74) is 2.15. The molecule has 136 valence electrons. The summed E-state index contributed by atoms with van der Waals surface area (Å²) < 4.78 is 0. The van der Waals surface area contributed by atoms with E-state index in [2.05, 4.69) is 25.3 Å². The fourth-order valence-corrected chi connectivity index (χ4v) is 3.21. The van der Waals surface area contributed by atoms with Crippen LogP contribution in [0.2, 0.25) is 0 Å². The minimum Gasteiger partial charge on any atom is -0.507 e. The Hall–Kier alpha value is -3.55. The standard InChI is InChI=1S/C19H17N5O3/c25-16-7-17(26)21-10-13(16)19(27)24-15-5-1-4-14-12(15)9-22-18(23-14)11-3-2-6-20-8-11/h2-3,6-10,15H,1,4-5H2,(H,24,27)(H2,21,25,26)/t15-/m1/s1. The van der Waals surface area contributed by atoms with Crippen LogP contribution in [0.5, 0.6) is 5.75 Å². The quantitative estimate of drug-likeness (QED) is 0.652. The van der Waals surface area contributed by atoms with Crippen molar-refractivity contribution in [2.24, 2.45) is 0 Å². The maximum absolute atomic E-state index is 12.5. The van der Waals surface area contributed by atoms with Crippen LogP contribution in [0.4, 0.5) is 0 Å². The Bertz CT molecular complexity index is 1050. The number of carbonyl (C=O) groups excluding carboxylic acids is 1. The highest BCUT2D eigenvalue weighted by Crippen LogP contribution is 2.30. The zero-order valence-electron chi connectivity index (χ0n) is 14.3. The number of amides is 1. The van der Waals surface area contributed by atoms with Crippen molar-refractivity contribution in [3.05, 3.63) is 70.2 Å². The Labute approximate surface area is 154 Å². The van der Waals surface area contributed by atoms with E-state index in [0.717, 1.165) is 42.1 Å². The van der Waals surface area contributed by atoms with Crippen molar-refractivity contribution in [3.63, 3.8) is 0 Å². The number of nitrogens with zero attached hydrogens (tertiary/aromatic N) is 3. The number of pyridine rings is 2. The average Bonchev–Trinajstić information content (AvgIpc) is 2.68. The third kappa shape index (κ3) is 3.41. The maximum Gasteiger partial charge on any atom is 0.257 e. The first-order chi connectivity index (χ1) is 13.1. The van der Waals surface area contributed by atoms with Crippen LogP contribution in [0.25, 0.3) is 11.4 Å². The number of aromatic hydroxyl groups is 1. The topological polar surface area (TPSA) is 121 Å². The van der Waals surface area contributed by atoms with Crippen LogP contribution < -0.4 is 10.9 Å². The highest BCUT2D eigenvalue weighted by Gasteiger charge is 2.25. The number of fused-ring (bicyclic) bond motifs is 1. The zero-order chi connectivity index (χ0) is 18.8.